The van der Waals surface area contributed by atoms with Crippen LogP contribution >= 0.6 is 34.3 Å². The summed E-state index contributed by atoms with van der Waals surface area (Å²) in [4.78, 5) is 29.9. The molecule has 0 radical (unpaired) electrons. The summed E-state index contributed by atoms with van der Waals surface area (Å²) in [6.45, 7) is 8.28. The molecule has 18 aromatic rings. The van der Waals surface area contributed by atoms with E-state index in [-0.39, 0.29) is 11.2 Å². The number of thiophene rings is 2. The third-order valence-corrected chi connectivity index (χ3v) is 22.5. The average Bonchev–Trinajstić information content (AvgIpc) is 1.57. The van der Waals surface area contributed by atoms with E-state index in [4.69, 9.17) is 50.8 Å². The molecule has 0 bridgehead atoms. The first-order chi connectivity index (χ1) is 50.9. The molecule has 0 amide bonds. The highest BCUT2D eigenvalue weighted by Crippen LogP contribution is 2.45. The molecule has 8 nitrogen and oxygen atoms in total. The number of fused-ring (bicyclic) bond motifs is 8. The van der Waals surface area contributed by atoms with E-state index in [2.05, 4.69) is 258 Å². The van der Waals surface area contributed by atoms with Crippen molar-refractivity contribution in [1.82, 2.24) is 29.9 Å². The minimum Gasteiger partial charge on any atom is -0.399 e. The molecule has 0 unspecified atom stereocenters. The fraction of sp³-hybridized carbons (Fsp3) is 0.0652. The molecule has 0 N–H and O–H groups in total. The quantitative estimate of drug-likeness (QED) is 0.125. The number of hydrogen-bond acceptors (Lipinski definition) is 10. The summed E-state index contributed by atoms with van der Waals surface area (Å²) in [5.41, 5.74) is 21.1. The van der Waals surface area contributed by atoms with Crippen LogP contribution < -0.4 is 5.46 Å². The van der Waals surface area contributed by atoms with E-state index >= 15 is 0 Å². The summed E-state index contributed by atoms with van der Waals surface area (Å²) < 4.78 is 17.3. The van der Waals surface area contributed by atoms with E-state index in [1.165, 1.54) is 52.7 Å². The Hall–Kier alpha value is -11.7. The van der Waals surface area contributed by atoms with Crippen molar-refractivity contribution in [2.45, 2.75) is 38.9 Å². The Kier molecular flexibility index (Phi) is 17.6. The minimum absolute atomic E-state index is 0.376. The molecule has 1 saturated heterocycles. The SMILES string of the molecule is CC1(C)OB(c2ccc(-c3cc(-c4ccc(-c5ccccc5)cc4)nc(-c4ccccc4)n3)cc2)OC1(C)C.Clc1c2ccccc2nc2c1sc1ccccc12.c1ccc(-c2ccc(-c3cc(-c4ccc(-c5c6ccccc6nc6c5sc5ccccc56)cc4)nc(-c4ccccc4)n3)cc2)cc1. The van der Waals surface area contributed by atoms with Gasteiger partial charge in [-0.15, -0.1) is 22.7 Å². The molecule has 498 valence electrons. The fourth-order valence-corrected chi connectivity index (χ4v) is 16.0. The molecule has 1 aliphatic rings. The van der Waals surface area contributed by atoms with Gasteiger partial charge in [0.1, 0.15) is 0 Å². The summed E-state index contributed by atoms with van der Waals surface area (Å²) >= 11 is 10.0. The zero-order valence-corrected chi connectivity index (χ0v) is 59.8. The molecule has 12 aromatic carbocycles. The number of halogens is 1. The second-order valence-electron chi connectivity index (χ2n) is 26.8. The van der Waals surface area contributed by atoms with Crippen LogP contribution in [0.15, 0.2) is 328 Å². The third-order valence-electron chi connectivity index (χ3n) is 19.6. The number of para-hydroxylation sites is 2. The molecule has 12 heteroatoms. The molecule has 104 heavy (non-hydrogen) atoms. The lowest BCUT2D eigenvalue weighted by Crippen LogP contribution is -2.41. The lowest BCUT2D eigenvalue weighted by atomic mass is 9.79. The Balaban J connectivity index is 0.000000126. The van der Waals surface area contributed by atoms with Gasteiger partial charge >= 0.3 is 7.12 Å². The smallest absolute Gasteiger partial charge is 0.399 e. The number of rotatable bonds is 10. The normalized spacial score (nSPS) is 13.1. The number of pyridine rings is 2. The maximum absolute atomic E-state index is 6.52. The molecule has 0 atom stereocenters. The Morgan fingerprint density at radius 3 is 1.03 bits per heavy atom. The lowest BCUT2D eigenvalue weighted by Gasteiger charge is -2.32. The van der Waals surface area contributed by atoms with E-state index in [1.807, 2.05) is 108 Å². The van der Waals surface area contributed by atoms with Gasteiger partial charge in [0.2, 0.25) is 0 Å². The topological polar surface area (TPSA) is 95.8 Å². The summed E-state index contributed by atoms with van der Waals surface area (Å²) in [5, 5.41) is 5.39. The highest BCUT2D eigenvalue weighted by atomic mass is 35.5. The van der Waals surface area contributed by atoms with Crippen LogP contribution in [0.4, 0.5) is 0 Å². The summed E-state index contributed by atoms with van der Waals surface area (Å²) in [5.74, 6) is 1.41. The van der Waals surface area contributed by atoms with Gasteiger partial charge in [0, 0.05) is 69.9 Å². The zero-order chi connectivity index (χ0) is 70.3. The first kappa shape index (κ1) is 65.6. The predicted molar refractivity (Wildman–Crippen MR) is 437 cm³/mol. The molecule has 1 aliphatic heterocycles. The van der Waals surface area contributed by atoms with Crippen LogP contribution in [0.1, 0.15) is 27.7 Å². The minimum atomic E-state index is -0.395. The van der Waals surface area contributed by atoms with Gasteiger partial charge in [-0.2, -0.15) is 0 Å². The first-order valence-electron chi connectivity index (χ1n) is 34.7. The van der Waals surface area contributed by atoms with Crippen LogP contribution in [-0.4, -0.2) is 48.2 Å². The summed E-state index contributed by atoms with van der Waals surface area (Å²) in [6, 6.07) is 113. The van der Waals surface area contributed by atoms with Gasteiger partial charge in [-0.25, -0.2) is 29.9 Å². The van der Waals surface area contributed by atoms with Gasteiger partial charge in [0.05, 0.1) is 70.5 Å². The number of hydrogen-bond donors (Lipinski definition) is 0. The summed E-state index contributed by atoms with van der Waals surface area (Å²) in [7, 11) is -0.395. The van der Waals surface area contributed by atoms with E-state index in [0.717, 1.165) is 110 Å². The zero-order valence-electron chi connectivity index (χ0n) is 57.4. The number of nitrogens with zero attached hydrogens (tertiary/aromatic N) is 6. The van der Waals surface area contributed by atoms with Crippen molar-refractivity contribution < 1.29 is 9.31 Å². The van der Waals surface area contributed by atoms with Crippen molar-refractivity contribution in [1.29, 1.82) is 0 Å². The van der Waals surface area contributed by atoms with Crippen LogP contribution in [0, 0.1) is 0 Å². The van der Waals surface area contributed by atoms with E-state index in [9.17, 15) is 0 Å². The van der Waals surface area contributed by atoms with E-state index < -0.39 is 7.12 Å². The number of aromatic nitrogens is 6. The van der Waals surface area contributed by atoms with Crippen LogP contribution in [-0.2, 0) is 9.31 Å². The maximum Gasteiger partial charge on any atom is 0.494 e. The highest BCUT2D eigenvalue weighted by molar-refractivity contribution is 7.26. The van der Waals surface area contributed by atoms with Gasteiger partial charge < -0.3 is 9.31 Å². The second-order valence-corrected chi connectivity index (χ2v) is 29.3. The highest BCUT2D eigenvalue weighted by Gasteiger charge is 2.51. The molecule has 7 heterocycles. The molecule has 6 aromatic heterocycles. The first-order valence-corrected chi connectivity index (χ1v) is 36.8. The van der Waals surface area contributed by atoms with Crippen molar-refractivity contribution in [2.24, 2.45) is 0 Å². The third kappa shape index (κ3) is 13.0. The Labute approximate surface area is 616 Å². The van der Waals surface area contributed by atoms with Gasteiger partial charge in [-0.3, -0.25) is 0 Å². The number of benzene rings is 12. The average molecular weight is 1400 g/mol. The maximum atomic E-state index is 6.52. The van der Waals surface area contributed by atoms with Crippen LogP contribution in [0.2, 0.25) is 5.02 Å². The van der Waals surface area contributed by atoms with Crippen molar-refractivity contribution in [3.8, 4) is 101 Å². The molecule has 0 saturated carbocycles. The lowest BCUT2D eigenvalue weighted by molar-refractivity contribution is 0.00578. The predicted octanol–water partition coefficient (Wildman–Crippen LogP) is 24.4. The Morgan fingerprint density at radius 2 is 0.596 bits per heavy atom. The van der Waals surface area contributed by atoms with Gasteiger partial charge in [0.25, 0.3) is 0 Å². The van der Waals surface area contributed by atoms with Crippen molar-refractivity contribution >= 4 is 109 Å². The van der Waals surface area contributed by atoms with Gasteiger partial charge in [-0.1, -0.05) is 303 Å². The van der Waals surface area contributed by atoms with Crippen molar-refractivity contribution in [3.05, 3.63) is 333 Å². The Morgan fingerprint density at radius 1 is 0.288 bits per heavy atom. The van der Waals surface area contributed by atoms with Crippen molar-refractivity contribution in [3.63, 3.8) is 0 Å². The molecular formula is C92H66BClN6O2S2. The van der Waals surface area contributed by atoms with E-state index in [1.54, 1.807) is 11.3 Å². The standard InChI is InChI=1S/C43H27N3S.C34H31BN2O2.C15H8ClNS/c1-3-11-28(12-4-1)29-19-21-30(22-20-29)37-27-38(46-43(45-37)33-13-5-2-6-14-33)31-23-25-32(26-24-31)40-34-15-7-9-17-36(34)44-41-35-16-8-10-18-39(35)47-42(40)41;1-33(2)34(3,4)39-35(38-33)29-21-19-27(20-22-29)31-23-30(36-32(37-31)28-13-9-6-10-14-28)26-17-15-25(16-18-26)24-11-7-5-8-12-24;16-13-9-5-1-3-7-11(9)17-14-10-6-2-4-8-12(10)18-15(13)14/h1-27H;5-23H,1-4H3;1-8H. The molecular weight excluding hydrogens is 1330 g/mol. The van der Waals surface area contributed by atoms with Crippen LogP contribution in [0.5, 0.6) is 0 Å². The van der Waals surface area contributed by atoms with Gasteiger partial charge in [-0.05, 0) is 97.4 Å². The fourth-order valence-electron chi connectivity index (χ4n) is 13.4. The Bertz CT molecular complexity index is 6150. The van der Waals surface area contributed by atoms with E-state index in [0.29, 0.717) is 11.6 Å². The largest absolute Gasteiger partial charge is 0.494 e. The molecule has 0 spiro atoms. The van der Waals surface area contributed by atoms with Crippen molar-refractivity contribution in [2.75, 3.05) is 0 Å². The molecule has 0 aliphatic carbocycles. The summed E-state index contributed by atoms with van der Waals surface area (Å²) in [6.07, 6.45) is 0. The second kappa shape index (κ2) is 27.9. The van der Waals surface area contributed by atoms with Crippen LogP contribution in [0.3, 0.4) is 0 Å². The van der Waals surface area contributed by atoms with Gasteiger partial charge in [0.15, 0.2) is 11.6 Å². The monoisotopic (exact) mass is 1400 g/mol. The van der Waals surface area contributed by atoms with Crippen LogP contribution in [0.25, 0.3) is 164 Å². The molecule has 1 fully saturated rings. The molecule has 19 rings (SSSR count).